The molecule has 0 heterocycles. The van der Waals surface area contributed by atoms with E-state index >= 15 is 0 Å². The standard InChI is InChI=1S/C63H108O6/c1-4-7-10-13-16-19-22-25-26-27-28-29-30-31-32-33-34-35-36-39-41-44-47-50-53-56-62(65)68-59-60(69-63(66)57-54-51-48-45-42-38-24-21-18-15-12-9-6-3)58-67-61(64)55-52-49-46-43-40-37-23-20-17-14-11-8-5-2/h9,12,18,20-23,25,27-28,38,42,48,51,60H,4-8,10-11,13-17,19,24,26,29-37,39-41,43-47,49-50,52-59H2,1-3H3/b12-9-,21-18-,23-20-,25-22-,28-27-,42-38-,51-48-. The molecule has 0 bridgehead atoms. The van der Waals surface area contributed by atoms with Crippen LogP contribution in [0.3, 0.4) is 0 Å². The van der Waals surface area contributed by atoms with E-state index in [0.29, 0.717) is 19.3 Å². The largest absolute Gasteiger partial charge is 0.462 e. The van der Waals surface area contributed by atoms with Crippen molar-refractivity contribution in [3.05, 3.63) is 85.1 Å². The Kier molecular flexibility index (Phi) is 54.3. The Hall–Kier alpha value is -3.41. The van der Waals surface area contributed by atoms with Gasteiger partial charge in [-0.1, -0.05) is 241 Å². The lowest BCUT2D eigenvalue weighted by Crippen LogP contribution is -2.30. The van der Waals surface area contributed by atoms with Gasteiger partial charge in [-0.3, -0.25) is 14.4 Å². The maximum atomic E-state index is 12.8. The van der Waals surface area contributed by atoms with Crippen molar-refractivity contribution >= 4 is 17.9 Å². The summed E-state index contributed by atoms with van der Waals surface area (Å²) in [7, 11) is 0. The fourth-order valence-corrected chi connectivity index (χ4v) is 8.01. The molecule has 69 heavy (non-hydrogen) atoms. The monoisotopic (exact) mass is 961 g/mol. The maximum absolute atomic E-state index is 12.8. The number of esters is 3. The SMILES string of the molecule is CC/C=C\C/C=C\C/C=C\C/C=C\CCC(=O)OC(COC(=O)CCCCCCC/C=C\CCCCCC)COC(=O)CCCCCCCCCCCCCCC/C=C\C/C=C\CCCCCCC. The maximum Gasteiger partial charge on any atom is 0.306 e. The Morgan fingerprint density at radius 2 is 0.594 bits per heavy atom. The van der Waals surface area contributed by atoms with Gasteiger partial charge in [0, 0.05) is 19.3 Å². The van der Waals surface area contributed by atoms with Gasteiger partial charge in [0.25, 0.3) is 0 Å². The lowest BCUT2D eigenvalue weighted by Gasteiger charge is -2.18. The topological polar surface area (TPSA) is 78.9 Å². The van der Waals surface area contributed by atoms with Crippen molar-refractivity contribution in [1.82, 2.24) is 0 Å². The Morgan fingerprint density at radius 3 is 0.971 bits per heavy atom. The summed E-state index contributed by atoms with van der Waals surface area (Å²) in [5.41, 5.74) is 0. The predicted molar refractivity (Wildman–Crippen MR) is 297 cm³/mol. The molecule has 0 rings (SSSR count). The van der Waals surface area contributed by atoms with Gasteiger partial charge >= 0.3 is 17.9 Å². The summed E-state index contributed by atoms with van der Waals surface area (Å²) < 4.78 is 16.8. The van der Waals surface area contributed by atoms with Crippen molar-refractivity contribution < 1.29 is 28.6 Å². The minimum Gasteiger partial charge on any atom is -0.462 e. The molecule has 0 aromatic heterocycles. The smallest absolute Gasteiger partial charge is 0.306 e. The summed E-state index contributed by atoms with van der Waals surface area (Å²) in [4.78, 5) is 38.0. The fourth-order valence-electron chi connectivity index (χ4n) is 8.01. The van der Waals surface area contributed by atoms with E-state index in [0.717, 1.165) is 83.5 Å². The third kappa shape index (κ3) is 55.4. The first-order chi connectivity index (χ1) is 34.0. The zero-order valence-electron chi connectivity index (χ0n) is 45.3. The molecule has 1 atom stereocenters. The van der Waals surface area contributed by atoms with Gasteiger partial charge < -0.3 is 14.2 Å². The predicted octanol–water partition coefficient (Wildman–Crippen LogP) is 19.5. The number of hydrogen-bond acceptors (Lipinski definition) is 6. The van der Waals surface area contributed by atoms with Crippen molar-refractivity contribution in [2.24, 2.45) is 0 Å². The van der Waals surface area contributed by atoms with E-state index in [1.165, 1.54) is 148 Å². The molecule has 1 unspecified atom stereocenters. The summed E-state index contributed by atoms with van der Waals surface area (Å²) in [6.45, 7) is 6.44. The molecule has 0 aromatic carbocycles. The van der Waals surface area contributed by atoms with Crippen LogP contribution in [0.2, 0.25) is 0 Å². The van der Waals surface area contributed by atoms with Crippen molar-refractivity contribution in [2.45, 2.75) is 284 Å². The molecule has 0 radical (unpaired) electrons. The number of carbonyl (C=O) groups is 3. The third-order valence-corrected chi connectivity index (χ3v) is 12.4. The lowest BCUT2D eigenvalue weighted by atomic mass is 10.0. The van der Waals surface area contributed by atoms with Gasteiger partial charge in [0.05, 0.1) is 0 Å². The van der Waals surface area contributed by atoms with Crippen molar-refractivity contribution in [2.75, 3.05) is 13.2 Å². The number of unbranched alkanes of at least 4 members (excludes halogenated alkanes) is 27. The number of ether oxygens (including phenoxy) is 3. The Morgan fingerprint density at radius 1 is 0.304 bits per heavy atom. The summed E-state index contributed by atoms with van der Waals surface area (Å²) in [6, 6.07) is 0. The van der Waals surface area contributed by atoms with Crippen molar-refractivity contribution in [3.63, 3.8) is 0 Å². The molecule has 0 saturated carbocycles. The molecular formula is C63H108O6. The van der Waals surface area contributed by atoms with Crippen LogP contribution in [0, 0.1) is 0 Å². The van der Waals surface area contributed by atoms with Crippen LogP contribution >= 0.6 is 0 Å². The highest BCUT2D eigenvalue weighted by Gasteiger charge is 2.19. The number of carbonyl (C=O) groups excluding carboxylic acids is 3. The molecule has 6 nitrogen and oxygen atoms in total. The highest BCUT2D eigenvalue weighted by atomic mass is 16.6. The van der Waals surface area contributed by atoms with Crippen LogP contribution < -0.4 is 0 Å². The lowest BCUT2D eigenvalue weighted by molar-refractivity contribution is -0.166. The van der Waals surface area contributed by atoms with Gasteiger partial charge in [0.1, 0.15) is 13.2 Å². The fraction of sp³-hybridized carbons (Fsp3) is 0.730. The molecule has 0 aromatic rings. The molecule has 0 aliphatic carbocycles. The van der Waals surface area contributed by atoms with Crippen LogP contribution in [0.4, 0.5) is 0 Å². The van der Waals surface area contributed by atoms with E-state index < -0.39 is 12.1 Å². The Bertz CT molecular complexity index is 1330. The quantitative estimate of drug-likeness (QED) is 0.0262. The van der Waals surface area contributed by atoms with Gasteiger partial charge in [0.2, 0.25) is 0 Å². The second kappa shape index (κ2) is 57.2. The highest BCUT2D eigenvalue weighted by Crippen LogP contribution is 2.15. The summed E-state index contributed by atoms with van der Waals surface area (Å²) in [5, 5.41) is 0. The van der Waals surface area contributed by atoms with E-state index in [-0.39, 0.29) is 31.6 Å². The molecule has 0 aliphatic heterocycles. The molecule has 6 heteroatoms. The van der Waals surface area contributed by atoms with Gasteiger partial charge in [-0.05, 0) is 103 Å². The van der Waals surface area contributed by atoms with E-state index in [1.807, 2.05) is 12.2 Å². The van der Waals surface area contributed by atoms with E-state index in [1.54, 1.807) is 0 Å². The first-order valence-electron chi connectivity index (χ1n) is 29.1. The van der Waals surface area contributed by atoms with Crippen molar-refractivity contribution in [3.8, 4) is 0 Å². The molecule has 0 aliphatic rings. The number of rotatable bonds is 52. The highest BCUT2D eigenvalue weighted by molar-refractivity contribution is 5.71. The summed E-state index contributed by atoms with van der Waals surface area (Å²) >= 11 is 0. The second-order valence-corrected chi connectivity index (χ2v) is 19.2. The Balaban J connectivity index is 4.31. The Labute approximate surface area is 426 Å². The number of allylic oxidation sites excluding steroid dienone is 14. The van der Waals surface area contributed by atoms with Gasteiger partial charge in [0.15, 0.2) is 6.10 Å². The van der Waals surface area contributed by atoms with Crippen LogP contribution in [-0.2, 0) is 28.6 Å². The normalized spacial score (nSPS) is 12.7. The average molecular weight is 962 g/mol. The second-order valence-electron chi connectivity index (χ2n) is 19.2. The minimum atomic E-state index is -0.818. The zero-order valence-corrected chi connectivity index (χ0v) is 45.3. The van der Waals surface area contributed by atoms with Gasteiger partial charge in [-0.25, -0.2) is 0 Å². The molecule has 0 fully saturated rings. The van der Waals surface area contributed by atoms with Crippen LogP contribution in [0.5, 0.6) is 0 Å². The molecule has 0 spiro atoms. The van der Waals surface area contributed by atoms with Gasteiger partial charge in [-0.2, -0.15) is 0 Å². The first kappa shape index (κ1) is 65.6. The number of hydrogen-bond donors (Lipinski definition) is 0. The van der Waals surface area contributed by atoms with Crippen LogP contribution in [0.1, 0.15) is 278 Å². The van der Waals surface area contributed by atoms with Crippen LogP contribution in [0.25, 0.3) is 0 Å². The first-order valence-corrected chi connectivity index (χ1v) is 29.1. The van der Waals surface area contributed by atoms with E-state index in [9.17, 15) is 14.4 Å². The summed E-state index contributed by atoms with van der Waals surface area (Å²) in [5.74, 6) is -0.995. The summed E-state index contributed by atoms with van der Waals surface area (Å²) in [6.07, 6.45) is 74.6. The van der Waals surface area contributed by atoms with Crippen LogP contribution in [-0.4, -0.2) is 37.2 Å². The van der Waals surface area contributed by atoms with E-state index in [2.05, 4.69) is 93.7 Å². The molecular weight excluding hydrogens is 853 g/mol. The van der Waals surface area contributed by atoms with Crippen LogP contribution in [0.15, 0.2) is 85.1 Å². The third-order valence-electron chi connectivity index (χ3n) is 12.4. The molecule has 396 valence electrons. The molecule has 0 N–H and O–H groups in total. The van der Waals surface area contributed by atoms with Crippen molar-refractivity contribution in [1.29, 1.82) is 0 Å². The molecule has 0 saturated heterocycles. The minimum absolute atomic E-state index is 0.107. The van der Waals surface area contributed by atoms with Gasteiger partial charge in [-0.15, -0.1) is 0 Å². The average Bonchev–Trinajstić information content (AvgIpc) is 3.35. The molecule has 0 amide bonds. The van der Waals surface area contributed by atoms with E-state index in [4.69, 9.17) is 14.2 Å². The zero-order chi connectivity index (χ0) is 50.0.